The Balaban J connectivity index is 0.000000156. The molecule has 0 saturated carbocycles. The van der Waals surface area contributed by atoms with Gasteiger partial charge >= 0.3 is 19.5 Å². The molecular weight excluding hydrogens is 938 g/mol. The molecule has 2 aliphatic heterocycles. The molecule has 3 aromatic heterocycles. The van der Waals surface area contributed by atoms with E-state index in [1.165, 1.54) is 0 Å². The van der Waals surface area contributed by atoms with Crippen LogP contribution < -0.4 is 9.97 Å². The van der Waals surface area contributed by atoms with Crippen LogP contribution in [0, 0.1) is 0 Å². The van der Waals surface area contributed by atoms with Crippen molar-refractivity contribution in [1.29, 1.82) is 0 Å². The summed E-state index contributed by atoms with van der Waals surface area (Å²) in [5.41, 5.74) is 9.82. The monoisotopic (exact) mass is 974 g/mol. The molecular formula is C58H36N10Ru. The van der Waals surface area contributed by atoms with Gasteiger partial charge in [0.1, 0.15) is 0 Å². The molecule has 69 heavy (non-hydrogen) atoms. The molecule has 0 fully saturated rings. The van der Waals surface area contributed by atoms with Crippen LogP contribution in [0.5, 0.6) is 0 Å². The van der Waals surface area contributed by atoms with Gasteiger partial charge in [-0.25, -0.2) is 9.97 Å². The molecule has 0 aliphatic carbocycles. The molecule has 2 aliphatic rings. The summed E-state index contributed by atoms with van der Waals surface area (Å²) < 4.78 is 0. The zero-order valence-electron chi connectivity index (χ0n) is 36.6. The zero-order chi connectivity index (χ0) is 45.8. The van der Waals surface area contributed by atoms with Crippen molar-refractivity contribution in [3.8, 4) is 45.6 Å². The van der Waals surface area contributed by atoms with Gasteiger partial charge < -0.3 is 40.7 Å². The topological polar surface area (TPSA) is 150 Å². The standard InChI is InChI=1S/C32H16N8.2C13H10N.Ru/c1-2-10-18-17(9-1)25-33-26(18)38-28-21-13-5-6-14-22(21)30(35-28)40-32-24-16-8-7-15-23(24)31(36-32)39-29-20-12-4-3-11-19(20)27(34-29)37-25;2*14-13(11-7-3-1-4-8-11)12-9-5-2-6-10-12;/h1-16H;2*1-10H;/q-2;2*-1;+4. The van der Waals surface area contributed by atoms with Crippen LogP contribution in [0.1, 0.15) is 22.3 Å². The second kappa shape index (κ2) is 19.5. The Bertz CT molecular complexity index is 3350. The van der Waals surface area contributed by atoms with Crippen LogP contribution in [0.4, 0.5) is 0 Å². The van der Waals surface area contributed by atoms with Crippen LogP contribution in [-0.2, 0) is 19.5 Å². The molecule has 326 valence electrons. The summed E-state index contributed by atoms with van der Waals surface area (Å²) in [5.74, 6) is 2.21. The van der Waals surface area contributed by atoms with Crippen LogP contribution in [0.2, 0.25) is 0 Å². The van der Waals surface area contributed by atoms with E-state index in [1.807, 2.05) is 218 Å². The molecule has 0 radical (unpaired) electrons. The fourth-order valence-electron chi connectivity index (χ4n) is 8.18. The second-order valence-corrected chi connectivity index (χ2v) is 15.8. The van der Waals surface area contributed by atoms with Crippen LogP contribution in [0.15, 0.2) is 218 Å². The average molecular weight is 974 g/mol. The fourth-order valence-corrected chi connectivity index (χ4v) is 8.18. The van der Waals surface area contributed by atoms with Crippen molar-refractivity contribution >= 4 is 55.6 Å². The number of aromatic nitrogens is 8. The van der Waals surface area contributed by atoms with E-state index in [1.54, 1.807) is 0 Å². The van der Waals surface area contributed by atoms with E-state index in [0.29, 0.717) is 57.3 Å². The molecule has 5 heterocycles. The molecule has 8 bridgehead atoms. The average Bonchev–Trinajstić information content (AvgIpc) is 4.16. The van der Waals surface area contributed by atoms with Crippen molar-refractivity contribution in [1.82, 2.24) is 39.9 Å². The van der Waals surface area contributed by atoms with Gasteiger partial charge in [-0.2, -0.15) is 0 Å². The summed E-state index contributed by atoms with van der Waals surface area (Å²) in [6.45, 7) is 0. The number of fused-ring (bicyclic) bond motifs is 20. The molecule has 0 spiro atoms. The Morgan fingerprint density at radius 3 is 0.696 bits per heavy atom. The third-order valence-electron chi connectivity index (χ3n) is 11.5. The summed E-state index contributed by atoms with van der Waals surface area (Å²) in [5, 5.41) is 23.4. The first kappa shape index (κ1) is 43.9. The quantitative estimate of drug-likeness (QED) is 0.125. The summed E-state index contributed by atoms with van der Waals surface area (Å²) in [4.78, 5) is 39.3. The van der Waals surface area contributed by atoms with Gasteiger partial charge in [0, 0.05) is 44.8 Å². The van der Waals surface area contributed by atoms with Crippen LogP contribution in [-0.4, -0.2) is 41.3 Å². The zero-order valence-corrected chi connectivity index (χ0v) is 38.3. The minimum Gasteiger partial charge on any atom is -0.803 e. The number of hydrogen-bond donors (Lipinski definition) is 0. The third-order valence-corrected chi connectivity index (χ3v) is 11.5. The number of hydrogen-bond acceptors (Lipinski definition) is 6. The van der Waals surface area contributed by atoms with Gasteiger partial charge in [-0.1, -0.05) is 218 Å². The van der Waals surface area contributed by atoms with E-state index in [2.05, 4.69) is 0 Å². The van der Waals surface area contributed by atoms with Gasteiger partial charge in [-0.3, -0.25) is 0 Å². The first-order chi connectivity index (χ1) is 33.6. The van der Waals surface area contributed by atoms with Crippen molar-refractivity contribution in [2.75, 3.05) is 0 Å². The molecule has 11 heteroatoms. The van der Waals surface area contributed by atoms with E-state index in [-0.39, 0.29) is 19.5 Å². The third kappa shape index (κ3) is 8.90. The Morgan fingerprint density at radius 1 is 0.261 bits per heavy atom. The largest absolute Gasteiger partial charge is 4.00 e. The van der Waals surface area contributed by atoms with Gasteiger partial charge in [-0.05, 0) is 43.8 Å². The van der Waals surface area contributed by atoms with E-state index < -0.39 is 0 Å². The van der Waals surface area contributed by atoms with Crippen LogP contribution in [0.3, 0.4) is 0 Å². The normalized spacial score (nSPS) is 10.9. The Kier molecular flexibility index (Phi) is 12.4. The first-order valence-electron chi connectivity index (χ1n) is 22.0. The molecule has 0 amide bonds. The summed E-state index contributed by atoms with van der Waals surface area (Å²) in [6, 6.07) is 70.0. The molecule has 8 aromatic carbocycles. The SMILES string of the molecule is [N-]=C(c1ccccc1)c1ccccc1.[N-]=C(c1ccccc1)c1ccccc1.[Ru+4].c1ccc2c(c1)-c1nc-2nc2[n-]c(nc3nc(nc4[n-]c(n1)c1ccccc41)-c1ccccc1-3)c1ccccc21. The Labute approximate surface area is 409 Å². The maximum absolute atomic E-state index is 9.91. The Morgan fingerprint density at radius 2 is 0.464 bits per heavy atom. The minimum atomic E-state index is 0. The van der Waals surface area contributed by atoms with Crippen molar-refractivity contribution in [3.05, 3.63) is 251 Å². The van der Waals surface area contributed by atoms with Crippen molar-refractivity contribution in [2.45, 2.75) is 0 Å². The fraction of sp³-hybridized carbons (Fsp3) is 0. The van der Waals surface area contributed by atoms with Gasteiger partial charge in [-0.15, -0.1) is 11.4 Å². The number of rotatable bonds is 4. The van der Waals surface area contributed by atoms with Gasteiger partial charge in [0.2, 0.25) is 0 Å². The molecule has 0 unspecified atom stereocenters. The molecule has 10 nitrogen and oxygen atoms in total. The summed E-state index contributed by atoms with van der Waals surface area (Å²) in [6.07, 6.45) is 0. The summed E-state index contributed by atoms with van der Waals surface area (Å²) in [7, 11) is 0. The summed E-state index contributed by atoms with van der Waals surface area (Å²) >= 11 is 0. The number of benzene rings is 8. The first-order valence-corrected chi connectivity index (χ1v) is 22.0. The maximum Gasteiger partial charge on any atom is 4.00 e. The Hall–Kier alpha value is -8.92. The van der Waals surface area contributed by atoms with Gasteiger partial charge in [0.05, 0.1) is 23.3 Å². The van der Waals surface area contributed by atoms with Crippen LogP contribution >= 0.6 is 0 Å². The number of nitrogens with zero attached hydrogens (tertiary/aromatic N) is 10. The predicted octanol–water partition coefficient (Wildman–Crippen LogP) is 12.3. The van der Waals surface area contributed by atoms with E-state index in [4.69, 9.17) is 39.9 Å². The van der Waals surface area contributed by atoms with Crippen molar-refractivity contribution in [2.24, 2.45) is 0 Å². The second-order valence-electron chi connectivity index (χ2n) is 15.8. The van der Waals surface area contributed by atoms with E-state index >= 15 is 0 Å². The predicted molar refractivity (Wildman–Crippen MR) is 273 cm³/mol. The van der Waals surface area contributed by atoms with Crippen LogP contribution in [0.25, 0.3) is 101 Å². The van der Waals surface area contributed by atoms with E-state index in [0.717, 1.165) is 66.1 Å². The molecule has 11 aromatic rings. The molecule has 13 rings (SSSR count). The minimum absolute atomic E-state index is 0. The molecule has 0 atom stereocenters. The van der Waals surface area contributed by atoms with E-state index in [9.17, 15) is 10.8 Å². The smallest absolute Gasteiger partial charge is 0.803 e. The maximum atomic E-state index is 9.91. The van der Waals surface area contributed by atoms with Gasteiger partial charge in [0.25, 0.3) is 0 Å². The van der Waals surface area contributed by atoms with Gasteiger partial charge in [0.15, 0.2) is 0 Å². The molecule has 0 saturated heterocycles. The molecule has 0 N–H and O–H groups in total. The van der Waals surface area contributed by atoms with Crippen molar-refractivity contribution < 1.29 is 19.5 Å². The van der Waals surface area contributed by atoms with Crippen molar-refractivity contribution in [3.63, 3.8) is 0 Å².